The second-order valence-corrected chi connectivity index (χ2v) is 6.41. The van der Waals surface area contributed by atoms with Crippen molar-refractivity contribution in [3.8, 4) is 0 Å². The molecule has 0 radical (unpaired) electrons. The van der Waals surface area contributed by atoms with Gasteiger partial charge in [0.2, 0.25) is 0 Å². The number of rotatable bonds is 0. The maximum atomic E-state index is 10.0. The molecule has 1 N–H and O–H groups in total. The molecule has 2 rings (SSSR count). The first-order valence-corrected chi connectivity index (χ1v) is 8.11. The van der Waals surface area contributed by atoms with Crippen LogP contribution in [0.15, 0.2) is 0 Å². The summed E-state index contributed by atoms with van der Waals surface area (Å²) in [6, 6.07) is 0. The van der Waals surface area contributed by atoms with Crippen LogP contribution in [-0.2, 0) is 4.74 Å². The molecule has 1 aliphatic heterocycles. The van der Waals surface area contributed by atoms with E-state index in [0.717, 1.165) is 12.8 Å². The van der Waals surface area contributed by atoms with Crippen LogP contribution in [0.1, 0.15) is 77.6 Å². The summed E-state index contributed by atoms with van der Waals surface area (Å²) in [7, 11) is 0. The molecule has 18 heavy (non-hydrogen) atoms. The van der Waals surface area contributed by atoms with Gasteiger partial charge in [-0.25, -0.2) is 0 Å². The Kier molecular flexibility index (Phi) is 5.97. The molecule has 4 unspecified atom stereocenters. The second kappa shape index (κ2) is 7.49. The summed E-state index contributed by atoms with van der Waals surface area (Å²) < 4.78 is 5.77. The highest BCUT2D eigenvalue weighted by molar-refractivity contribution is 4.89. The Balaban J connectivity index is 1.74. The van der Waals surface area contributed by atoms with E-state index in [1.165, 1.54) is 57.8 Å². The van der Waals surface area contributed by atoms with Crippen LogP contribution in [0, 0.1) is 5.92 Å². The van der Waals surface area contributed by atoms with Crippen LogP contribution in [0.3, 0.4) is 0 Å². The lowest BCUT2D eigenvalue weighted by Gasteiger charge is -2.14. The number of fused-ring (bicyclic) bond motifs is 1. The summed E-state index contributed by atoms with van der Waals surface area (Å²) in [6.45, 7) is 2.24. The molecule has 1 saturated heterocycles. The minimum atomic E-state index is -0.102. The van der Waals surface area contributed by atoms with E-state index in [2.05, 4.69) is 6.92 Å². The first kappa shape index (κ1) is 14.3. The van der Waals surface area contributed by atoms with Crippen molar-refractivity contribution in [1.82, 2.24) is 0 Å². The maximum Gasteiger partial charge on any atom is 0.0868 e. The Labute approximate surface area is 112 Å². The molecule has 0 aromatic rings. The van der Waals surface area contributed by atoms with Gasteiger partial charge in [0.25, 0.3) is 0 Å². The molecule has 1 saturated carbocycles. The van der Waals surface area contributed by atoms with Crippen LogP contribution in [-0.4, -0.2) is 23.4 Å². The first-order chi connectivity index (χ1) is 8.77. The number of epoxide rings is 1. The minimum absolute atomic E-state index is 0.102. The average molecular weight is 254 g/mol. The van der Waals surface area contributed by atoms with Gasteiger partial charge < -0.3 is 9.84 Å². The molecule has 1 aliphatic carbocycles. The third-order valence-corrected chi connectivity index (χ3v) is 4.60. The third-order valence-electron chi connectivity index (χ3n) is 4.60. The molecule has 2 aliphatic rings. The molecule has 0 amide bonds. The lowest BCUT2D eigenvalue weighted by molar-refractivity contribution is 0.125. The zero-order valence-corrected chi connectivity index (χ0v) is 11.9. The van der Waals surface area contributed by atoms with E-state index in [9.17, 15) is 5.11 Å². The highest BCUT2D eigenvalue weighted by atomic mass is 16.6. The summed E-state index contributed by atoms with van der Waals surface area (Å²) >= 11 is 0. The molecule has 0 aromatic heterocycles. The van der Waals surface area contributed by atoms with E-state index < -0.39 is 0 Å². The van der Waals surface area contributed by atoms with Gasteiger partial charge in [0, 0.05) is 0 Å². The summed E-state index contributed by atoms with van der Waals surface area (Å²) in [5.74, 6) is 0.537. The quantitative estimate of drug-likeness (QED) is 0.661. The summed E-state index contributed by atoms with van der Waals surface area (Å²) in [5.41, 5.74) is 0. The zero-order valence-electron chi connectivity index (χ0n) is 11.9. The van der Waals surface area contributed by atoms with Crippen LogP contribution in [0.2, 0.25) is 0 Å². The highest BCUT2D eigenvalue weighted by Crippen LogP contribution is 2.36. The monoisotopic (exact) mass is 254 g/mol. The van der Waals surface area contributed by atoms with Crippen molar-refractivity contribution in [2.45, 2.75) is 95.9 Å². The fourth-order valence-electron chi connectivity index (χ4n) is 3.36. The molecule has 0 bridgehead atoms. The van der Waals surface area contributed by atoms with Crippen molar-refractivity contribution in [3.05, 3.63) is 0 Å². The number of aliphatic hydroxyl groups excluding tert-OH is 1. The summed E-state index contributed by atoms with van der Waals surface area (Å²) in [4.78, 5) is 0. The van der Waals surface area contributed by atoms with Crippen molar-refractivity contribution >= 4 is 0 Å². The Bertz CT molecular complexity index is 227. The predicted molar refractivity (Wildman–Crippen MR) is 74.6 cm³/mol. The maximum absolute atomic E-state index is 10.0. The average Bonchev–Trinajstić information content (AvgIpc) is 3.10. The number of hydrogen-bond donors (Lipinski definition) is 1. The van der Waals surface area contributed by atoms with Crippen molar-refractivity contribution in [2.75, 3.05) is 0 Å². The van der Waals surface area contributed by atoms with Crippen molar-refractivity contribution in [3.63, 3.8) is 0 Å². The molecule has 2 heteroatoms. The van der Waals surface area contributed by atoms with Crippen LogP contribution >= 0.6 is 0 Å². The molecule has 2 nitrogen and oxygen atoms in total. The lowest BCUT2D eigenvalue weighted by Crippen LogP contribution is -2.16. The van der Waals surface area contributed by atoms with Gasteiger partial charge in [-0.3, -0.25) is 0 Å². The van der Waals surface area contributed by atoms with Crippen LogP contribution in [0.25, 0.3) is 0 Å². The first-order valence-electron chi connectivity index (χ1n) is 8.11. The molecule has 2 fully saturated rings. The van der Waals surface area contributed by atoms with Gasteiger partial charge in [-0.1, -0.05) is 58.3 Å². The molecule has 0 spiro atoms. The SMILES string of the molecule is CC1CC(O)CCCCCCCCCCC2OC12. The van der Waals surface area contributed by atoms with E-state index in [1.54, 1.807) is 0 Å². The molecule has 4 atom stereocenters. The van der Waals surface area contributed by atoms with Gasteiger partial charge in [-0.2, -0.15) is 0 Å². The number of hydrogen-bond acceptors (Lipinski definition) is 2. The largest absolute Gasteiger partial charge is 0.393 e. The lowest BCUT2D eigenvalue weighted by atomic mass is 9.94. The fourth-order valence-corrected chi connectivity index (χ4v) is 3.36. The zero-order chi connectivity index (χ0) is 12.8. The molecular weight excluding hydrogens is 224 g/mol. The van der Waals surface area contributed by atoms with Crippen molar-refractivity contribution in [2.24, 2.45) is 5.92 Å². The molecule has 0 aromatic carbocycles. The van der Waals surface area contributed by atoms with Gasteiger partial charge in [0.15, 0.2) is 0 Å². The Morgan fingerprint density at radius 2 is 1.39 bits per heavy atom. The molecular formula is C16H30O2. The van der Waals surface area contributed by atoms with Crippen LogP contribution in [0.4, 0.5) is 0 Å². The smallest absolute Gasteiger partial charge is 0.0868 e. The van der Waals surface area contributed by atoms with Crippen LogP contribution < -0.4 is 0 Å². The number of ether oxygens (including phenoxy) is 1. The highest BCUT2D eigenvalue weighted by Gasteiger charge is 2.42. The van der Waals surface area contributed by atoms with Gasteiger partial charge in [-0.15, -0.1) is 0 Å². The van der Waals surface area contributed by atoms with Gasteiger partial charge in [-0.05, 0) is 25.2 Å². The van der Waals surface area contributed by atoms with Gasteiger partial charge in [0.05, 0.1) is 18.3 Å². The Morgan fingerprint density at radius 3 is 2.06 bits per heavy atom. The van der Waals surface area contributed by atoms with E-state index in [-0.39, 0.29) is 6.10 Å². The topological polar surface area (TPSA) is 32.8 Å². The third kappa shape index (κ3) is 4.89. The second-order valence-electron chi connectivity index (χ2n) is 6.41. The summed E-state index contributed by atoms with van der Waals surface area (Å²) in [6.07, 6.45) is 14.8. The Morgan fingerprint density at radius 1 is 0.833 bits per heavy atom. The fraction of sp³-hybridized carbons (Fsp3) is 1.00. The van der Waals surface area contributed by atoms with Gasteiger partial charge >= 0.3 is 0 Å². The van der Waals surface area contributed by atoms with E-state index in [4.69, 9.17) is 4.74 Å². The number of aliphatic hydroxyl groups is 1. The van der Waals surface area contributed by atoms with Crippen molar-refractivity contribution in [1.29, 1.82) is 0 Å². The molecule has 106 valence electrons. The van der Waals surface area contributed by atoms with E-state index >= 15 is 0 Å². The standard InChI is InChI=1S/C16H30O2/c1-13-12-14(17)10-8-6-4-2-3-5-7-9-11-15-16(13)18-15/h13-17H,2-12H2,1H3. The molecule has 1 heterocycles. The van der Waals surface area contributed by atoms with E-state index in [0.29, 0.717) is 18.1 Å². The van der Waals surface area contributed by atoms with E-state index in [1.807, 2.05) is 0 Å². The Hall–Kier alpha value is -0.0800. The van der Waals surface area contributed by atoms with Gasteiger partial charge in [0.1, 0.15) is 0 Å². The van der Waals surface area contributed by atoms with Crippen molar-refractivity contribution < 1.29 is 9.84 Å². The predicted octanol–water partition coefficient (Wildman–Crippen LogP) is 4.06. The minimum Gasteiger partial charge on any atom is -0.393 e. The summed E-state index contributed by atoms with van der Waals surface area (Å²) in [5, 5.41) is 10.0. The van der Waals surface area contributed by atoms with Crippen LogP contribution in [0.5, 0.6) is 0 Å². The normalized spacial score (nSPS) is 40.3.